The first-order valence-electron chi connectivity index (χ1n) is 6.94. The minimum absolute atomic E-state index is 0.804. The molecule has 0 saturated carbocycles. The molecule has 0 unspecified atom stereocenters. The molecule has 94 valence electrons. The second-order valence-electron chi connectivity index (χ2n) is 5.29. The highest BCUT2D eigenvalue weighted by atomic mass is 15.1. The van der Waals surface area contributed by atoms with E-state index in [-0.39, 0.29) is 0 Å². The van der Waals surface area contributed by atoms with E-state index in [9.17, 15) is 0 Å². The number of H-pyrrole nitrogens is 1. The van der Waals surface area contributed by atoms with Crippen LogP contribution in [0.3, 0.4) is 0 Å². The standard InChI is InChI=1S/C13H22N4/c1-2-4-12-11(3-1)16-13(17-12)15-9-10-5-7-14-8-6-10/h10,14H,1-9H2,(H2,15,16,17). The molecular weight excluding hydrogens is 212 g/mol. The number of aryl methyl sites for hydroxylation is 2. The summed E-state index contributed by atoms with van der Waals surface area (Å²) in [5.74, 6) is 1.80. The Morgan fingerprint density at radius 3 is 2.82 bits per heavy atom. The number of imidazole rings is 1. The first kappa shape index (κ1) is 11.1. The van der Waals surface area contributed by atoms with Crippen LogP contribution in [0.2, 0.25) is 0 Å². The first-order valence-corrected chi connectivity index (χ1v) is 6.94. The quantitative estimate of drug-likeness (QED) is 0.746. The van der Waals surface area contributed by atoms with E-state index in [0.717, 1.165) is 24.8 Å². The smallest absolute Gasteiger partial charge is 0.200 e. The number of fused-ring (bicyclic) bond motifs is 1. The van der Waals surface area contributed by atoms with Gasteiger partial charge in [0.15, 0.2) is 0 Å². The van der Waals surface area contributed by atoms with Gasteiger partial charge in [0.25, 0.3) is 0 Å². The highest BCUT2D eigenvalue weighted by Crippen LogP contribution is 2.21. The van der Waals surface area contributed by atoms with E-state index in [1.165, 1.54) is 56.6 Å². The average molecular weight is 234 g/mol. The van der Waals surface area contributed by atoms with Crippen molar-refractivity contribution >= 4 is 5.95 Å². The molecule has 1 aromatic heterocycles. The van der Waals surface area contributed by atoms with Crippen LogP contribution in [0, 0.1) is 5.92 Å². The summed E-state index contributed by atoms with van der Waals surface area (Å²) in [6.07, 6.45) is 7.51. The van der Waals surface area contributed by atoms with E-state index in [2.05, 4.69) is 20.6 Å². The molecule has 1 aliphatic carbocycles. The lowest BCUT2D eigenvalue weighted by Crippen LogP contribution is -2.31. The second kappa shape index (κ2) is 5.08. The van der Waals surface area contributed by atoms with Crippen molar-refractivity contribution in [3.8, 4) is 0 Å². The van der Waals surface area contributed by atoms with E-state index in [1.54, 1.807) is 0 Å². The van der Waals surface area contributed by atoms with Gasteiger partial charge in [0.2, 0.25) is 5.95 Å². The van der Waals surface area contributed by atoms with Crippen molar-refractivity contribution in [3.63, 3.8) is 0 Å². The van der Waals surface area contributed by atoms with E-state index in [1.807, 2.05) is 0 Å². The van der Waals surface area contributed by atoms with Gasteiger partial charge < -0.3 is 15.6 Å². The predicted octanol–water partition coefficient (Wildman–Crippen LogP) is 1.70. The van der Waals surface area contributed by atoms with Crippen LogP contribution in [-0.4, -0.2) is 29.6 Å². The van der Waals surface area contributed by atoms with Crippen LogP contribution in [0.15, 0.2) is 0 Å². The fourth-order valence-electron chi connectivity index (χ4n) is 2.86. The van der Waals surface area contributed by atoms with Crippen molar-refractivity contribution in [2.75, 3.05) is 25.0 Å². The molecular formula is C13H22N4. The lowest BCUT2D eigenvalue weighted by Gasteiger charge is -2.22. The van der Waals surface area contributed by atoms with Gasteiger partial charge in [0.05, 0.1) is 5.69 Å². The third kappa shape index (κ3) is 2.63. The molecule has 1 fully saturated rings. The summed E-state index contributed by atoms with van der Waals surface area (Å²) in [6.45, 7) is 3.40. The molecule has 0 spiro atoms. The van der Waals surface area contributed by atoms with E-state index >= 15 is 0 Å². The number of piperidine rings is 1. The molecule has 0 atom stereocenters. The second-order valence-corrected chi connectivity index (χ2v) is 5.29. The molecule has 1 saturated heterocycles. The number of aromatic amines is 1. The van der Waals surface area contributed by atoms with Crippen LogP contribution in [0.5, 0.6) is 0 Å². The molecule has 2 heterocycles. The van der Waals surface area contributed by atoms with Crippen molar-refractivity contribution in [2.45, 2.75) is 38.5 Å². The lowest BCUT2D eigenvalue weighted by atomic mass is 9.98. The number of nitrogens with zero attached hydrogens (tertiary/aromatic N) is 1. The van der Waals surface area contributed by atoms with Crippen LogP contribution in [-0.2, 0) is 12.8 Å². The van der Waals surface area contributed by atoms with Gasteiger partial charge in [-0.2, -0.15) is 0 Å². The molecule has 0 bridgehead atoms. The van der Waals surface area contributed by atoms with Crippen molar-refractivity contribution in [1.82, 2.24) is 15.3 Å². The highest BCUT2D eigenvalue weighted by Gasteiger charge is 2.16. The van der Waals surface area contributed by atoms with Crippen LogP contribution >= 0.6 is 0 Å². The summed E-state index contributed by atoms with van der Waals surface area (Å²) in [4.78, 5) is 8.09. The lowest BCUT2D eigenvalue weighted by molar-refractivity contribution is 0.389. The summed E-state index contributed by atoms with van der Waals surface area (Å²) in [7, 11) is 0. The summed E-state index contributed by atoms with van der Waals surface area (Å²) in [5, 5.41) is 6.88. The van der Waals surface area contributed by atoms with Crippen molar-refractivity contribution in [3.05, 3.63) is 11.4 Å². The van der Waals surface area contributed by atoms with Crippen molar-refractivity contribution in [2.24, 2.45) is 5.92 Å². The minimum Gasteiger partial charge on any atom is -0.356 e. The van der Waals surface area contributed by atoms with Gasteiger partial charge >= 0.3 is 0 Å². The Morgan fingerprint density at radius 2 is 2.00 bits per heavy atom. The zero-order chi connectivity index (χ0) is 11.5. The normalized spacial score (nSPS) is 21.2. The topological polar surface area (TPSA) is 52.7 Å². The summed E-state index contributed by atoms with van der Waals surface area (Å²) < 4.78 is 0. The third-order valence-electron chi connectivity index (χ3n) is 3.97. The van der Waals surface area contributed by atoms with Crippen LogP contribution in [0.25, 0.3) is 0 Å². The molecule has 4 nitrogen and oxygen atoms in total. The predicted molar refractivity (Wildman–Crippen MR) is 69.3 cm³/mol. The van der Waals surface area contributed by atoms with Gasteiger partial charge in [-0.15, -0.1) is 0 Å². The number of hydrogen-bond donors (Lipinski definition) is 3. The molecule has 4 heteroatoms. The van der Waals surface area contributed by atoms with E-state index in [0.29, 0.717) is 0 Å². The fourth-order valence-corrected chi connectivity index (χ4v) is 2.86. The Morgan fingerprint density at radius 1 is 1.18 bits per heavy atom. The maximum absolute atomic E-state index is 4.65. The zero-order valence-corrected chi connectivity index (χ0v) is 10.4. The molecule has 3 rings (SSSR count). The van der Waals surface area contributed by atoms with Gasteiger partial charge in [-0.3, -0.25) is 0 Å². The molecule has 0 radical (unpaired) electrons. The fraction of sp³-hybridized carbons (Fsp3) is 0.769. The molecule has 17 heavy (non-hydrogen) atoms. The monoisotopic (exact) mass is 234 g/mol. The Labute approximate surface area is 103 Å². The first-order chi connectivity index (χ1) is 8.42. The molecule has 0 amide bonds. The van der Waals surface area contributed by atoms with Gasteiger partial charge in [-0.25, -0.2) is 4.98 Å². The third-order valence-corrected chi connectivity index (χ3v) is 3.97. The zero-order valence-electron chi connectivity index (χ0n) is 10.4. The van der Waals surface area contributed by atoms with Crippen LogP contribution in [0.4, 0.5) is 5.95 Å². The van der Waals surface area contributed by atoms with E-state index in [4.69, 9.17) is 0 Å². The van der Waals surface area contributed by atoms with Crippen LogP contribution < -0.4 is 10.6 Å². The number of hydrogen-bond acceptors (Lipinski definition) is 3. The Bertz CT molecular complexity index is 342. The molecule has 2 aliphatic rings. The Balaban J connectivity index is 1.55. The van der Waals surface area contributed by atoms with E-state index < -0.39 is 0 Å². The maximum Gasteiger partial charge on any atom is 0.200 e. The molecule has 1 aromatic rings. The summed E-state index contributed by atoms with van der Waals surface area (Å²) in [6, 6.07) is 0. The van der Waals surface area contributed by atoms with Gasteiger partial charge in [0.1, 0.15) is 0 Å². The maximum atomic E-state index is 4.65. The van der Waals surface area contributed by atoms with Crippen molar-refractivity contribution in [1.29, 1.82) is 0 Å². The van der Waals surface area contributed by atoms with Crippen molar-refractivity contribution < 1.29 is 0 Å². The summed E-state index contributed by atoms with van der Waals surface area (Å²) in [5.41, 5.74) is 2.66. The molecule has 1 aliphatic heterocycles. The van der Waals surface area contributed by atoms with Gasteiger partial charge in [-0.1, -0.05) is 0 Å². The SMILES string of the molecule is C1CCc2[nH]c(NCC3CCNCC3)nc2C1. The number of nitrogens with one attached hydrogen (secondary N) is 3. The Hall–Kier alpha value is -1.03. The van der Waals surface area contributed by atoms with Gasteiger partial charge in [-0.05, 0) is 57.5 Å². The molecule has 3 N–H and O–H groups in total. The summed E-state index contributed by atoms with van der Waals surface area (Å²) >= 11 is 0. The average Bonchev–Trinajstić information content (AvgIpc) is 2.80. The number of aromatic nitrogens is 2. The largest absolute Gasteiger partial charge is 0.356 e. The molecule has 0 aromatic carbocycles. The van der Waals surface area contributed by atoms with Gasteiger partial charge in [0, 0.05) is 12.2 Å². The number of anilines is 1. The highest BCUT2D eigenvalue weighted by molar-refractivity contribution is 5.32. The van der Waals surface area contributed by atoms with Crippen LogP contribution in [0.1, 0.15) is 37.1 Å². The minimum atomic E-state index is 0.804. The number of rotatable bonds is 3. The Kier molecular flexibility index (Phi) is 3.31.